The van der Waals surface area contributed by atoms with Crippen molar-refractivity contribution in [3.8, 4) is 6.07 Å². The van der Waals surface area contributed by atoms with Crippen molar-refractivity contribution < 1.29 is 0 Å². The number of nitrogens with one attached hydrogen (secondary N) is 1. The van der Waals surface area contributed by atoms with Gasteiger partial charge in [0.2, 0.25) is 0 Å². The number of aromatic nitrogens is 1. The Kier molecular flexibility index (Phi) is 3.54. The van der Waals surface area contributed by atoms with Gasteiger partial charge in [0, 0.05) is 31.0 Å². The Bertz CT molecular complexity index is 439. The molecule has 0 saturated heterocycles. The second kappa shape index (κ2) is 4.93. The third-order valence-electron chi connectivity index (χ3n) is 4.12. The van der Waals surface area contributed by atoms with E-state index in [2.05, 4.69) is 42.9 Å². The van der Waals surface area contributed by atoms with Gasteiger partial charge < -0.3 is 9.88 Å². The molecular weight excluding hydrogens is 210 g/mol. The standard InChI is InChI=1S/C14H21N3/c1-10-7-13(11(2)17(10)3)9-16-14-6-4-5-12(14)8-15/h7,12,14,16H,4-6,9H2,1-3H3. The molecule has 1 heterocycles. The molecule has 0 aromatic carbocycles. The van der Waals surface area contributed by atoms with Crippen LogP contribution in [-0.4, -0.2) is 10.6 Å². The molecule has 17 heavy (non-hydrogen) atoms. The summed E-state index contributed by atoms with van der Waals surface area (Å²) < 4.78 is 2.22. The first-order valence-electron chi connectivity index (χ1n) is 6.38. The van der Waals surface area contributed by atoms with Gasteiger partial charge in [-0.1, -0.05) is 6.42 Å². The molecule has 2 unspecified atom stereocenters. The molecule has 1 N–H and O–H groups in total. The maximum absolute atomic E-state index is 9.04. The highest BCUT2D eigenvalue weighted by Crippen LogP contribution is 2.25. The van der Waals surface area contributed by atoms with Gasteiger partial charge in [-0.2, -0.15) is 5.26 Å². The topological polar surface area (TPSA) is 40.8 Å². The van der Waals surface area contributed by atoms with E-state index in [9.17, 15) is 0 Å². The summed E-state index contributed by atoms with van der Waals surface area (Å²) in [6.07, 6.45) is 3.38. The Labute approximate surface area is 103 Å². The zero-order valence-corrected chi connectivity index (χ0v) is 11.0. The van der Waals surface area contributed by atoms with E-state index in [1.807, 2.05) is 0 Å². The van der Waals surface area contributed by atoms with Gasteiger partial charge >= 0.3 is 0 Å². The fourth-order valence-corrected chi connectivity index (χ4v) is 2.71. The van der Waals surface area contributed by atoms with Gasteiger partial charge in [-0.05, 0) is 38.3 Å². The fraction of sp³-hybridized carbons (Fsp3) is 0.643. The smallest absolute Gasteiger partial charge is 0.0672 e. The van der Waals surface area contributed by atoms with Crippen molar-refractivity contribution >= 4 is 0 Å². The van der Waals surface area contributed by atoms with Crippen LogP contribution in [-0.2, 0) is 13.6 Å². The SMILES string of the molecule is Cc1cc(CNC2CCCC2C#N)c(C)n1C. The van der Waals surface area contributed by atoms with Gasteiger partial charge in [0.1, 0.15) is 0 Å². The highest BCUT2D eigenvalue weighted by Gasteiger charge is 2.26. The Hall–Kier alpha value is -1.27. The minimum absolute atomic E-state index is 0.208. The van der Waals surface area contributed by atoms with Gasteiger partial charge in [0.25, 0.3) is 0 Å². The molecule has 0 amide bonds. The second-order valence-corrected chi connectivity index (χ2v) is 5.11. The highest BCUT2D eigenvalue weighted by atomic mass is 15.0. The van der Waals surface area contributed by atoms with E-state index in [1.54, 1.807) is 0 Å². The fourth-order valence-electron chi connectivity index (χ4n) is 2.71. The minimum atomic E-state index is 0.208. The van der Waals surface area contributed by atoms with E-state index in [1.165, 1.54) is 23.4 Å². The molecule has 92 valence electrons. The third kappa shape index (κ3) is 2.37. The Balaban J connectivity index is 1.98. The molecule has 2 rings (SSSR count). The number of aryl methyl sites for hydroxylation is 1. The maximum atomic E-state index is 9.04. The van der Waals surface area contributed by atoms with Crippen LogP contribution in [0.4, 0.5) is 0 Å². The predicted molar refractivity (Wildman–Crippen MR) is 68.5 cm³/mol. The van der Waals surface area contributed by atoms with Gasteiger partial charge in [-0.3, -0.25) is 0 Å². The first kappa shape index (κ1) is 12.2. The number of hydrogen-bond donors (Lipinski definition) is 1. The molecule has 2 atom stereocenters. The average Bonchev–Trinajstić information content (AvgIpc) is 2.87. The van der Waals surface area contributed by atoms with Crippen molar-refractivity contribution in [1.82, 2.24) is 9.88 Å². The molecule has 0 spiro atoms. The molecule has 0 aliphatic heterocycles. The summed E-state index contributed by atoms with van der Waals surface area (Å²) >= 11 is 0. The van der Waals surface area contributed by atoms with Crippen LogP contribution in [0.25, 0.3) is 0 Å². The average molecular weight is 231 g/mol. The lowest BCUT2D eigenvalue weighted by Crippen LogP contribution is -2.31. The van der Waals surface area contributed by atoms with Crippen molar-refractivity contribution in [3.05, 3.63) is 23.0 Å². The Morgan fingerprint density at radius 3 is 2.82 bits per heavy atom. The summed E-state index contributed by atoms with van der Waals surface area (Å²) in [7, 11) is 2.10. The molecular formula is C14H21N3. The van der Waals surface area contributed by atoms with E-state index in [0.29, 0.717) is 6.04 Å². The van der Waals surface area contributed by atoms with Gasteiger partial charge in [0.05, 0.1) is 12.0 Å². The highest BCUT2D eigenvalue weighted by molar-refractivity contribution is 5.26. The lowest BCUT2D eigenvalue weighted by atomic mass is 10.1. The summed E-state index contributed by atoms with van der Waals surface area (Å²) in [4.78, 5) is 0. The number of hydrogen-bond acceptors (Lipinski definition) is 2. The van der Waals surface area contributed by atoms with E-state index < -0.39 is 0 Å². The largest absolute Gasteiger partial charge is 0.352 e. The first-order valence-corrected chi connectivity index (χ1v) is 6.38. The van der Waals surface area contributed by atoms with Crippen LogP contribution < -0.4 is 5.32 Å². The van der Waals surface area contributed by atoms with E-state index >= 15 is 0 Å². The summed E-state index contributed by atoms with van der Waals surface area (Å²) in [6, 6.07) is 5.04. The Morgan fingerprint density at radius 2 is 2.24 bits per heavy atom. The van der Waals surface area contributed by atoms with Crippen LogP contribution in [0.5, 0.6) is 0 Å². The van der Waals surface area contributed by atoms with Gasteiger partial charge in [0.15, 0.2) is 0 Å². The summed E-state index contributed by atoms with van der Waals surface area (Å²) in [5, 5.41) is 12.6. The van der Waals surface area contributed by atoms with Gasteiger partial charge in [-0.25, -0.2) is 0 Å². The quantitative estimate of drug-likeness (QED) is 0.868. The molecule has 1 fully saturated rings. The number of nitriles is 1. The zero-order chi connectivity index (χ0) is 12.4. The normalized spacial score (nSPS) is 23.9. The first-order chi connectivity index (χ1) is 8.13. The summed E-state index contributed by atoms with van der Waals surface area (Å²) in [5.41, 5.74) is 3.97. The molecule has 1 aromatic heterocycles. The van der Waals surface area contributed by atoms with E-state index in [4.69, 9.17) is 5.26 Å². The molecule has 1 aliphatic carbocycles. The molecule has 3 nitrogen and oxygen atoms in total. The van der Waals surface area contributed by atoms with E-state index in [0.717, 1.165) is 19.4 Å². The summed E-state index contributed by atoms with van der Waals surface area (Å²) in [6.45, 7) is 5.17. The minimum Gasteiger partial charge on any atom is -0.352 e. The van der Waals surface area contributed by atoms with Crippen LogP contribution in [0.1, 0.15) is 36.2 Å². The van der Waals surface area contributed by atoms with Crippen LogP contribution in [0, 0.1) is 31.1 Å². The third-order valence-corrected chi connectivity index (χ3v) is 4.12. The van der Waals surface area contributed by atoms with Crippen molar-refractivity contribution in [2.45, 2.75) is 45.7 Å². The van der Waals surface area contributed by atoms with Crippen molar-refractivity contribution in [1.29, 1.82) is 5.26 Å². The molecule has 1 aromatic rings. The molecule has 1 aliphatic rings. The van der Waals surface area contributed by atoms with Crippen molar-refractivity contribution in [2.75, 3.05) is 0 Å². The summed E-state index contributed by atoms with van der Waals surface area (Å²) in [5.74, 6) is 0.208. The van der Waals surface area contributed by atoms with Gasteiger partial charge in [-0.15, -0.1) is 0 Å². The molecule has 0 radical (unpaired) electrons. The van der Waals surface area contributed by atoms with Crippen LogP contribution in [0.15, 0.2) is 6.07 Å². The zero-order valence-electron chi connectivity index (χ0n) is 11.0. The number of nitrogens with zero attached hydrogens (tertiary/aromatic N) is 2. The van der Waals surface area contributed by atoms with Crippen LogP contribution in [0.3, 0.4) is 0 Å². The van der Waals surface area contributed by atoms with E-state index in [-0.39, 0.29) is 5.92 Å². The predicted octanol–water partition coefficient (Wildman–Crippen LogP) is 2.42. The lowest BCUT2D eigenvalue weighted by molar-refractivity contribution is 0.464. The van der Waals surface area contributed by atoms with Crippen molar-refractivity contribution in [3.63, 3.8) is 0 Å². The lowest BCUT2D eigenvalue weighted by Gasteiger charge is -2.15. The maximum Gasteiger partial charge on any atom is 0.0672 e. The Morgan fingerprint density at radius 1 is 1.47 bits per heavy atom. The monoisotopic (exact) mass is 231 g/mol. The van der Waals surface area contributed by atoms with Crippen LogP contribution >= 0.6 is 0 Å². The second-order valence-electron chi connectivity index (χ2n) is 5.11. The number of rotatable bonds is 3. The molecule has 3 heteroatoms. The molecule has 1 saturated carbocycles. The molecule has 0 bridgehead atoms. The van der Waals surface area contributed by atoms with Crippen LogP contribution in [0.2, 0.25) is 0 Å². The van der Waals surface area contributed by atoms with Crippen molar-refractivity contribution in [2.24, 2.45) is 13.0 Å².